The van der Waals surface area contributed by atoms with E-state index < -0.39 is 0 Å². The molecule has 0 amide bonds. The van der Waals surface area contributed by atoms with E-state index in [9.17, 15) is 0 Å². The van der Waals surface area contributed by atoms with Crippen LogP contribution in [0.4, 0.5) is 0 Å². The molecule has 20 heavy (non-hydrogen) atoms. The third-order valence-electron chi connectivity index (χ3n) is 4.76. The van der Waals surface area contributed by atoms with Gasteiger partial charge in [-0.15, -0.1) is 11.3 Å². The van der Waals surface area contributed by atoms with Crippen molar-refractivity contribution in [3.63, 3.8) is 0 Å². The number of nitrogens with two attached hydrogens (primary N) is 1. The van der Waals surface area contributed by atoms with Crippen LogP contribution < -0.4 is 5.73 Å². The summed E-state index contributed by atoms with van der Waals surface area (Å²) < 4.78 is 0. The van der Waals surface area contributed by atoms with Gasteiger partial charge in [0.25, 0.3) is 0 Å². The van der Waals surface area contributed by atoms with Gasteiger partial charge < -0.3 is 5.73 Å². The normalized spacial score (nSPS) is 18.4. The van der Waals surface area contributed by atoms with Crippen LogP contribution >= 0.6 is 11.3 Å². The smallest absolute Gasteiger partial charge is 0.0392 e. The van der Waals surface area contributed by atoms with Crippen molar-refractivity contribution in [2.24, 2.45) is 11.7 Å². The summed E-state index contributed by atoms with van der Waals surface area (Å²) in [5.74, 6) is 0.812. The van der Waals surface area contributed by atoms with Crippen LogP contribution in [0.15, 0.2) is 6.07 Å². The zero-order chi connectivity index (χ0) is 14.4. The van der Waals surface area contributed by atoms with E-state index in [2.05, 4.69) is 19.9 Å². The van der Waals surface area contributed by atoms with Gasteiger partial charge in [0, 0.05) is 15.8 Å². The van der Waals surface area contributed by atoms with Gasteiger partial charge in [0.15, 0.2) is 0 Å². The summed E-state index contributed by atoms with van der Waals surface area (Å²) in [6, 6.07) is 2.71. The summed E-state index contributed by atoms with van der Waals surface area (Å²) in [4.78, 5) is 3.08. The molecule has 2 atom stereocenters. The molecule has 0 aromatic carbocycles. The Morgan fingerprint density at radius 3 is 2.75 bits per heavy atom. The van der Waals surface area contributed by atoms with Crippen molar-refractivity contribution in [1.29, 1.82) is 0 Å². The lowest BCUT2D eigenvalue weighted by molar-refractivity contribution is 0.390. The summed E-state index contributed by atoms with van der Waals surface area (Å²) in [7, 11) is 0. The van der Waals surface area contributed by atoms with Gasteiger partial charge in [-0.2, -0.15) is 0 Å². The third-order valence-corrected chi connectivity index (χ3v) is 6.13. The molecule has 1 aliphatic rings. The molecule has 0 fully saturated rings. The quantitative estimate of drug-likeness (QED) is 0.648. The number of fused-ring (bicyclic) bond motifs is 1. The van der Waals surface area contributed by atoms with E-state index in [1.54, 1.807) is 10.4 Å². The highest BCUT2D eigenvalue weighted by Crippen LogP contribution is 2.34. The second-order valence-electron chi connectivity index (χ2n) is 6.42. The number of rotatable bonds is 7. The molecular weight excluding hydrogens is 262 g/mol. The molecule has 0 saturated carbocycles. The minimum absolute atomic E-state index is 0.272. The van der Waals surface area contributed by atoms with Crippen LogP contribution in [0, 0.1) is 5.92 Å². The molecule has 0 radical (unpaired) electrons. The van der Waals surface area contributed by atoms with Crippen molar-refractivity contribution >= 4 is 11.3 Å². The van der Waals surface area contributed by atoms with Crippen molar-refractivity contribution in [1.82, 2.24) is 0 Å². The van der Waals surface area contributed by atoms with Crippen molar-refractivity contribution in [2.45, 2.75) is 84.1 Å². The first-order valence-electron chi connectivity index (χ1n) is 8.61. The number of hydrogen-bond donors (Lipinski definition) is 1. The molecule has 2 rings (SSSR count). The molecule has 0 saturated heterocycles. The minimum atomic E-state index is 0.272. The van der Waals surface area contributed by atoms with E-state index in [1.807, 2.05) is 11.3 Å². The van der Waals surface area contributed by atoms with E-state index in [0.29, 0.717) is 0 Å². The molecule has 0 spiro atoms. The molecule has 1 aromatic heterocycles. The predicted molar refractivity (Wildman–Crippen MR) is 90.4 cm³/mol. The lowest BCUT2D eigenvalue weighted by Gasteiger charge is -2.18. The molecule has 1 heterocycles. The SMILES string of the molecule is CCCCC(CC)CC(N)c1cc2c(s1)CCCCC2. The molecule has 2 N–H and O–H groups in total. The van der Waals surface area contributed by atoms with Gasteiger partial charge in [0.2, 0.25) is 0 Å². The Morgan fingerprint density at radius 2 is 2.00 bits per heavy atom. The van der Waals surface area contributed by atoms with E-state index in [0.717, 1.165) is 5.92 Å². The first kappa shape index (κ1) is 16.0. The number of unbranched alkanes of at least 4 members (excludes halogenated alkanes) is 1. The second-order valence-corrected chi connectivity index (χ2v) is 7.58. The summed E-state index contributed by atoms with van der Waals surface area (Å²) >= 11 is 2.01. The van der Waals surface area contributed by atoms with Crippen LogP contribution in [0.1, 0.15) is 86.6 Å². The molecule has 2 unspecified atom stereocenters. The Hall–Kier alpha value is -0.340. The maximum absolute atomic E-state index is 6.50. The maximum atomic E-state index is 6.50. The Labute approximate surface area is 129 Å². The van der Waals surface area contributed by atoms with Gasteiger partial charge in [-0.1, -0.05) is 46.0 Å². The summed E-state index contributed by atoms with van der Waals surface area (Å²) in [5.41, 5.74) is 8.12. The molecule has 114 valence electrons. The van der Waals surface area contributed by atoms with Gasteiger partial charge >= 0.3 is 0 Å². The van der Waals surface area contributed by atoms with E-state index >= 15 is 0 Å². The standard InChI is InChI=1S/C18H31NS/c1-3-5-9-14(4-2)12-16(19)18-13-15-10-7-6-8-11-17(15)20-18/h13-14,16H,3-12,19H2,1-2H3. The molecule has 2 heteroatoms. The monoisotopic (exact) mass is 293 g/mol. The van der Waals surface area contributed by atoms with Gasteiger partial charge in [0.05, 0.1) is 0 Å². The van der Waals surface area contributed by atoms with Gasteiger partial charge in [-0.3, -0.25) is 0 Å². The van der Waals surface area contributed by atoms with Crippen molar-refractivity contribution in [2.75, 3.05) is 0 Å². The molecular formula is C18H31NS. The highest BCUT2D eigenvalue weighted by atomic mass is 32.1. The summed E-state index contributed by atoms with van der Waals surface area (Å²) in [5, 5.41) is 0. The van der Waals surface area contributed by atoms with Gasteiger partial charge in [0.1, 0.15) is 0 Å². The summed E-state index contributed by atoms with van der Waals surface area (Å²) in [6.07, 6.45) is 13.2. The Kier molecular flexibility index (Phi) is 6.57. The Balaban J connectivity index is 1.96. The van der Waals surface area contributed by atoms with E-state index in [4.69, 9.17) is 5.73 Å². The van der Waals surface area contributed by atoms with Gasteiger partial charge in [-0.05, 0) is 49.7 Å². The fourth-order valence-corrected chi connectivity index (χ4v) is 4.60. The average molecular weight is 294 g/mol. The Bertz CT molecular complexity index is 373. The minimum Gasteiger partial charge on any atom is -0.323 e. The number of aryl methyl sites for hydroxylation is 2. The van der Waals surface area contributed by atoms with Crippen LogP contribution in [0.25, 0.3) is 0 Å². The van der Waals surface area contributed by atoms with E-state index in [-0.39, 0.29) is 6.04 Å². The number of hydrogen-bond acceptors (Lipinski definition) is 2. The zero-order valence-electron chi connectivity index (χ0n) is 13.3. The van der Waals surface area contributed by atoms with Crippen LogP contribution in [0.3, 0.4) is 0 Å². The first-order valence-corrected chi connectivity index (χ1v) is 9.43. The van der Waals surface area contributed by atoms with Gasteiger partial charge in [-0.25, -0.2) is 0 Å². The average Bonchev–Trinajstić information content (AvgIpc) is 2.74. The summed E-state index contributed by atoms with van der Waals surface area (Å²) in [6.45, 7) is 4.60. The lowest BCUT2D eigenvalue weighted by atomic mass is 9.91. The predicted octanol–water partition coefficient (Wildman–Crippen LogP) is 5.62. The van der Waals surface area contributed by atoms with E-state index in [1.165, 1.54) is 69.1 Å². The molecule has 0 aliphatic heterocycles. The molecule has 0 bridgehead atoms. The lowest BCUT2D eigenvalue weighted by Crippen LogP contribution is -2.14. The fraction of sp³-hybridized carbons (Fsp3) is 0.778. The highest BCUT2D eigenvalue weighted by molar-refractivity contribution is 7.12. The van der Waals surface area contributed by atoms with Crippen molar-refractivity contribution < 1.29 is 0 Å². The van der Waals surface area contributed by atoms with Crippen LogP contribution in [-0.4, -0.2) is 0 Å². The van der Waals surface area contributed by atoms with Crippen molar-refractivity contribution in [3.05, 3.63) is 21.4 Å². The second kappa shape index (κ2) is 8.19. The highest BCUT2D eigenvalue weighted by Gasteiger charge is 2.18. The fourth-order valence-electron chi connectivity index (χ4n) is 3.33. The molecule has 1 aromatic rings. The topological polar surface area (TPSA) is 26.0 Å². The zero-order valence-corrected chi connectivity index (χ0v) is 14.1. The van der Waals surface area contributed by atoms with Crippen LogP contribution in [-0.2, 0) is 12.8 Å². The van der Waals surface area contributed by atoms with Crippen LogP contribution in [0.2, 0.25) is 0 Å². The Morgan fingerprint density at radius 1 is 1.20 bits per heavy atom. The van der Waals surface area contributed by atoms with Crippen molar-refractivity contribution in [3.8, 4) is 0 Å². The largest absolute Gasteiger partial charge is 0.323 e. The molecule has 1 aliphatic carbocycles. The maximum Gasteiger partial charge on any atom is 0.0392 e. The third kappa shape index (κ3) is 4.33. The number of thiophene rings is 1. The first-order chi connectivity index (χ1) is 9.74. The molecule has 1 nitrogen and oxygen atoms in total. The van der Waals surface area contributed by atoms with Crippen LogP contribution in [0.5, 0.6) is 0 Å².